The van der Waals surface area contributed by atoms with Crippen molar-refractivity contribution in [2.75, 3.05) is 5.75 Å². The number of carbonyl (C=O) groups excluding carboxylic acids is 3. The second kappa shape index (κ2) is 14.6. The highest BCUT2D eigenvalue weighted by Gasteiger charge is 2.27. The lowest BCUT2D eigenvalue weighted by Gasteiger charge is -2.24. The van der Waals surface area contributed by atoms with E-state index in [1.54, 1.807) is 24.5 Å². The third kappa shape index (κ3) is 10.1. The first-order valence-corrected chi connectivity index (χ1v) is 12.9. The maximum absolute atomic E-state index is 13.1. The van der Waals surface area contributed by atoms with E-state index in [9.17, 15) is 18.8 Å². The van der Waals surface area contributed by atoms with Gasteiger partial charge in [-0.25, -0.2) is 4.39 Å². The van der Waals surface area contributed by atoms with E-state index in [1.807, 2.05) is 26.8 Å². The molecule has 0 radical (unpaired) electrons. The van der Waals surface area contributed by atoms with Gasteiger partial charge in [0, 0.05) is 0 Å². The van der Waals surface area contributed by atoms with Crippen LogP contribution in [-0.4, -0.2) is 35.4 Å². The molecule has 2 atom stereocenters. The van der Waals surface area contributed by atoms with Crippen LogP contribution in [0.4, 0.5) is 4.39 Å². The van der Waals surface area contributed by atoms with Crippen LogP contribution in [-0.2, 0) is 26.6 Å². The number of nitrogens with one attached hydrogen (secondary N) is 2. The van der Waals surface area contributed by atoms with Crippen molar-refractivity contribution in [2.45, 2.75) is 70.7 Å². The lowest BCUT2D eigenvalue weighted by molar-refractivity contribution is -0.131. The van der Waals surface area contributed by atoms with E-state index in [2.05, 4.69) is 10.6 Å². The summed E-state index contributed by atoms with van der Waals surface area (Å²) in [6, 6.07) is 8.02. The van der Waals surface area contributed by atoms with Crippen molar-refractivity contribution >= 4 is 29.4 Å². The zero-order valence-electron chi connectivity index (χ0n) is 20.1. The molecule has 2 amide bonds. The zero-order chi connectivity index (χ0) is 24.9. The number of unbranched alkanes of at least 4 members (excludes halogenated alkanes) is 1. The van der Waals surface area contributed by atoms with E-state index in [0.29, 0.717) is 24.2 Å². The van der Waals surface area contributed by atoms with E-state index in [-0.39, 0.29) is 41.5 Å². The highest BCUT2D eigenvalue weighted by Crippen LogP contribution is 2.15. The van der Waals surface area contributed by atoms with Gasteiger partial charge in [0.2, 0.25) is 11.8 Å². The van der Waals surface area contributed by atoms with E-state index < -0.39 is 12.1 Å². The maximum Gasteiger partial charge on any atom is 0.243 e. The number of thioether (sulfide) groups is 1. The van der Waals surface area contributed by atoms with Crippen molar-refractivity contribution in [1.82, 2.24) is 10.6 Å². The Labute approximate surface area is 205 Å². The molecule has 34 heavy (non-hydrogen) atoms. The summed E-state index contributed by atoms with van der Waals surface area (Å²) < 4.78 is 18.4. The molecule has 0 fully saturated rings. The molecule has 1 heterocycles. The molecule has 186 valence electrons. The Morgan fingerprint density at radius 3 is 2.41 bits per heavy atom. The van der Waals surface area contributed by atoms with Crippen LogP contribution < -0.4 is 10.6 Å². The summed E-state index contributed by atoms with van der Waals surface area (Å²) in [6.07, 6.45) is 4.36. The third-order valence-corrected chi connectivity index (χ3v) is 6.23. The second-order valence-electron chi connectivity index (χ2n) is 8.79. The quantitative estimate of drug-likeness (QED) is 0.379. The number of hydrogen-bond donors (Lipinski definition) is 2. The van der Waals surface area contributed by atoms with Gasteiger partial charge in [-0.3, -0.25) is 14.4 Å². The minimum atomic E-state index is -0.749. The molecule has 0 unspecified atom stereocenters. The fourth-order valence-electron chi connectivity index (χ4n) is 3.48. The van der Waals surface area contributed by atoms with Crippen molar-refractivity contribution < 1.29 is 23.2 Å². The Bertz CT molecular complexity index is 900. The third-order valence-electron chi connectivity index (χ3n) is 5.26. The number of benzene rings is 1. The van der Waals surface area contributed by atoms with Gasteiger partial charge in [-0.1, -0.05) is 45.7 Å². The van der Waals surface area contributed by atoms with Gasteiger partial charge in [0.1, 0.15) is 17.6 Å². The lowest BCUT2D eigenvalue weighted by Crippen LogP contribution is -2.52. The van der Waals surface area contributed by atoms with Crippen LogP contribution in [0.2, 0.25) is 0 Å². The van der Waals surface area contributed by atoms with Crippen molar-refractivity contribution in [3.8, 4) is 0 Å². The van der Waals surface area contributed by atoms with Crippen LogP contribution in [0.15, 0.2) is 47.1 Å². The number of furan rings is 1. The Kier molecular flexibility index (Phi) is 11.9. The molecule has 2 rings (SSSR count). The fraction of sp³-hybridized carbons (Fsp3) is 0.500. The molecular formula is C26H35FN2O4S. The van der Waals surface area contributed by atoms with Crippen LogP contribution in [0.25, 0.3) is 0 Å². The van der Waals surface area contributed by atoms with Crippen LogP contribution in [0.5, 0.6) is 0 Å². The van der Waals surface area contributed by atoms with E-state index in [4.69, 9.17) is 4.42 Å². The molecule has 0 aliphatic carbocycles. The van der Waals surface area contributed by atoms with E-state index in [0.717, 1.165) is 18.6 Å². The molecule has 6 nitrogen and oxygen atoms in total. The van der Waals surface area contributed by atoms with Crippen LogP contribution in [0, 0.1) is 11.7 Å². The van der Waals surface area contributed by atoms with Gasteiger partial charge in [0.15, 0.2) is 5.78 Å². The van der Waals surface area contributed by atoms with Crippen LogP contribution in [0.1, 0.15) is 57.8 Å². The smallest absolute Gasteiger partial charge is 0.243 e. The highest BCUT2D eigenvalue weighted by molar-refractivity contribution is 7.99. The molecule has 0 aliphatic heterocycles. The molecule has 2 N–H and O–H groups in total. The summed E-state index contributed by atoms with van der Waals surface area (Å²) in [4.78, 5) is 38.5. The number of hydrogen-bond acceptors (Lipinski definition) is 5. The Morgan fingerprint density at radius 1 is 1.06 bits per heavy atom. The summed E-state index contributed by atoms with van der Waals surface area (Å²) in [6.45, 7) is 5.97. The van der Waals surface area contributed by atoms with Gasteiger partial charge in [-0.15, -0.1) is 11.8 Å². The molecule has 2 aromatic rings. The van der Waals surface area contributed by atoms with Crippen LogP contribution >= 0.6 is 11.8 Å². The average molecular weight is 491 g/mol. The Hall–Kier alpha value is -2.61. The summed E-state index contributed by atoms with van der Waals surface area (Å²) >= 11 is 1.45. The first-order valence-electron chi connectivity index (χ1n) is 11.8. The molecule has 1 aromatic heterocycles. The van der Waals surface area contributed by atoms with Crippen molar-refractivity contribution in [2.24, 2.45) is 5.92 Å². The predicted octanol–water partition coefficient (Wildman–Crippen LogP) is 4.67. The Balaban J connectivity index is 1.97. The van der Waals surface area contributed by atoms with Crippen molar-refractivity contribution in [3.05, 3.63) is 59.8 Å². The summed E-state index contributed by atoms with van der Waals surface area (Å²) in [5.41, 5.74) is 0.659. The molecule has 0 aliphatic rings. The second-order valence-corrected chi connectivity index (χ2v) is 9.78. The summed E-state index contributed by atoms with van der Waals surface area (Å²) in [5.74, 6) is 0.724. The van der Waals surface area contributed by atoms with Crippen molar-refractivity contribution in [1.29, 1.82) is 0 Å². The van der Waals surface area contributed by atoms with Gasteiger partial charge < -0.3 is 15.1 Å². The van der Waals surface area contributed by atoms with Gasteiger partial charge in [-0.2, -0.15) is 0 Å². The Morgan fingerprint density at radius 2 is 1.79 bits per heavy atom. The number of amides is 2. The minimum Gasteiger partial charge on any atom is -0.468 e. The van der Waals surface area contributed by atoms with Crippen LogP contribution in [0.3, 0.4) is 0 Å². The lowest BCUT2D eigenvalue weighted by atomic mass is 10.0. The van der Waals surface area contributed by atoms with Gasteiger partial charge >= 0.3 is 0 Å². The summed E-state index contributed by atoms with van der Waals surface area (Å²) in [7, 11) is 0. The first kappa shape index (κ1) is 27.6. The normalized spacial score (nSPS) is 12.9. The van der Waals surface area contributed by atoms with Crippen molar-refractivity contribution in [3.63, 3.8) is 0 Å². The molecular weight excluding hydrogens is 455 g/mol. The molecule has 1 aromatic carbocycles. The SMILES string of the molecule is CCCC[C@H](NC(=O)[C@H](CC(C)C)NC(=O)Cc1ccc(F)cc1)C(=O)CSCc1ccco1. The fourth-order valence-corrected chi connectivity index (χ4v) is 4.35. The average Bonchev–Trinajstić information content (AvgIpc) is 3.30. The number of ketones is 1. The first-order chi connectivity index (χ1) is 16.3. The standard InChI is InChI=1S/C26H35FN2O4S/c1-4-5-8-22(24(30)17-34-16-21-7-6-13-33-21)29-26(32)23(14-18(2)3)28-25(31)15-19-9-11-20(27)12-10-19/h6-7,9-13,18,22-23H,4-5,8,14-17H2,1-3H3,(H,28,31)(H,29,32)/t22-,23-/m0/s1. The maximum atomic E-state index is 13.1. The molecule has 0 saturated heterocycles. The monoisotopic (exact) mass is 490 g/mol. The molecule has 8 heteroatoms. The molecule has 0 saturated carbocycles. The number of halogens is 1. The van der Waals surface area contributed by atoms with Gasteiger partial charge in [-0.05, 0) is 48.6 Å². The largest absolute Gasteiger partial charge is 0.468 e. The van der Waals surface area contributed by atoms with E-state index in [1.165, 1.54) is 23.9 Å². The van der Waals surface area contributed by atoms with Gasteiger partial charge in [0.25, 0.3) is 0 Å². The van der Waals surface area contributed by atoms with E-state index >= 15 is 0 Å². The summed E-state index contributed by atoms with van der Waals surface area (Å²) in [5, 5.41) is 5.69. The molecule has 0 bridgehead atoms. The minimum absolute atomic E-state index is 0.0423. The zero-order valence-corrected chi connectivity index (χ0v) is 21.0. The van der Waals surface area contributed by atoms with Gasteiger partial charge in [0.05, 0.1) is 30.2 Å². The number of rotatable bonds is 15. The topological polar surface area (TPSA) is 88.4 Å². The number of carbonyl (C=O) groups is 3. The predicted molar refractivity (Wildman–Crippen MR) is 133 cm³/mol. The highest BCUT2D eigenvalue weighted by atomic mass is 32.2. The molecule has 0 spiro atoms. The number of Topliss-reactive ketones (excluding diaryl/α,β-unsaturated/α-hetero) is 1.